The molecule has 1 amide bonds. The van der Waals surface area contributed by atoms with Crippen LogP contribution in [-0.2, 0) is 11.2 Å². The van der Waals surface area contributed by atoms with Crippen LogP contribution in [0.25, 0.3) is 0 Å². The summed E-state index contributed by atoms with van der Waals surface area (Å²) in [5.74, 6) is 2.00. The van der Waals surface area contributed by atoms with E-state index in [0.29, 0.717) is 36.4 Å². The highest BCUT2D eigenvalue weighted by molar-refractivity contribution is 5.77. The number of amides is 1. The predicted molar refractivity (Wildman–Crippen MR) is 115 cm³/mol. The molecule has 7 nitrogen and oxygen atoms in total. The summed E-state index contributed by atoms with van der Waals surface area (Å²) < 4.78 is 5.29. The molecule has 0 unspecified atom stereocenters. The first-order valence-electron chi connectivity index (χ1n) is 10.6. The second-order valence-electron chi connectivity index (χ2n) is 8.61. The van der Waals surface area contributed by atoms with E-state index in [0.717, 1.165) is 36.6 Å². The van der Waals surface area contributed by atoms with Gasteiger partial charge in [-0.1, -0.05) is 12.1 Å². The number of benzene rings is 1. The number of nitrogens with zero attached hydrogens (tertiary/aromatic N) is 3. The quantitative estimate of drug-likeness (QED) is 0.817. The SMILES string of the molecule is COc1ccc([C@@H]2[C@@H]3CN(C(=O)CCc4c(C)nc(=O)[nH]c4C)C[C@@H]3CN2C)cc1. The molecule has 0 bridgehead atoms. The van der Waals surface area contributed by atoms with Gasteiger partial charge in [-0.2, -0.15) is 4.98 Å². The highest BCUT2D eigenvalue weighted by atomic mass is 16.5. The Labute approximate surface area is 177 Å². The van der Waals surface area contributed by atoms with Crippen LogP contribution in [0, 0.1) is 25.7 Å². The molecule has 30 heavy (non-hydrogen) atoms. The number of aromatic nitrogens is 2. The molecule has 2 aromatic rings. The molecule has 0 saturated carbocycles. The van der Waals surface area contributed by atoms with Crippen molar-refractivity contribution in [3.05, 3.63) is 57.3 Å². The Balaban J connectivity index is 1.42. The van der Waals surface area contributed by atoms with Gasteiger partial charge in [0.15, 0.2) is 0 Å². The van der Waals surface area contributed by atoms with Crippen molar-refractivity contribution in [1.82, 2.24) is 19.8 Å². The van der Waals surface area contributed by atoms with Crippen molar-refractivity contribution in [2.75, 3.05) is 33.8 Å². The van der Waals surface area contributed by atoms with Gasteiger partial charge in [-0.25, -0.2) is 4.79 Å². The van der Waals surface area contributed by atoms with Gasteiger partial charge in [-0.05, 0) is 56.5 Å². The average molecular weight is 411 g/mol. The van der Waals surface area contributed by atoms with Crippen LogP contribution in [0.4, 0.5) is 0 Å². The van der Waals surface area contributed by atoms with Crippen LogP contribution < -0.4 is 10.4 Å². The second-order valence-corrected chi connectivity index (χ2v) is 8.61. The summed E-state index contributed by atoms with van der Waals surface area (Å²) in [6.45, 7) is 6.32. The third-order valence-corrected chi connectivity index (χ3v) is 6.75. The molecule has 0 radical (unpaired) electrons. The molecule has 7 heteroatoms. The molecule has 2 aliphatic rings. The van der Waals surface area contributed by atoms with Crippen LogP contribution in [0.3, 0.4) is 0 Å². The number of ether oxygens (including phenoxy) is 1. The lowest BCUT2D eigenvalue weighted by Crippen LogP contribution is -2.33. The molecule has 4 rings (SSSR count). The third-order valence-electron chi connectivity index (χ3n) is 6.75. The summed E-state index contributed by atoms with van der Waals surface area (Å²) in [6, 6.07) is 8.63. The molecule has 3 atom stereocenters. The fourth-order valence-electron chi connectivity index (χ4n) is 5.28. The van der Waals surface area contributed by atoms with E-state index in [-0.39, 0.29) is 11.6 Å². The van der Waals surface area contributed by atoms with Gasteiger partial charge in [-0.3, -0.25) is 9.69 Å². The fraction of sp³-hybridized carbons (Fsp3) is 0.522. The predicted octanol–water partition coefficient (Wildman–Crippen LogP) is 2.09. The summed E-state index contributed by atoms with van der Waals surface area (Å²) in [6.07, 6.45) is 1.05. The molecule has 1 aromatic heterocycles. The van der Waals surface area contributed by atoms with Crippen LogP contribution in [0.5, 0.6) is 5.75 Å². The molecule has 0 spiro atoms. The maximum absolute atomic E-state index is 13.0. The Morgan fingerprint density at radius 1 is 1.20 bits per heavy atom. The highest BCUT2D eigenvalue weighted by Crippen LogP contribution is 2.44. The lowest BCUT2D eigenvalue weighted by Gasteiger charge is -2.27. The smallest absolute Gasteiger partial charge is 0.345 e. The van der Waals surface area contributed by atoms with Crippen molar-refractivity contribution in [1.29, 1.82) is 0 Å². The number of H-pyrrole nitrogens is 1. The molecule has 1 aromatic carbocycles. The molecule has 160 valence electrons. The van der Waals surface area contributed by atoms with Gasteiger partial charge in [0, 0.05) is 49.4 Å². The molecule has 3 heterocycles. The number of hydrogen-bond donors (Lipinski definition) is 1. The van der Waals surface area contributed by atoms with Gasteiger partial charge in [-0.15, -0.1) is 0 Å². The standard InChI is InChI=1S/C23H30N4O3/c1-14-19(15(2)25-23(29)24-14)9-10-21(28)27-12-17-11-26(3)22(20(17)13-27)16-5-7-18(30-4)8-6-16/h5-8,17,20,22H,9-13H2,1-4H3,(H,24,25,29)/t17-,20+,22+/m0/s1. The van der Waals surface area contributed by atoms with E-state index in [4.69, 9.17) is 4.74 Å². The lowest BCUT2D eigenvalue weighted by atomic mass is 9.89. The minimum absolute atomic E-state index is 0.186. The zero-order valence-corrected chi connectivity index (χ0v) is 18.1. The van der Waals surface area contributed by atoms with Gasteiger partial charge in [0.05, 0.1) is 7.11 Å². The first kappa shape index (κ1) is 20.6. The van der Waals surface area contributed by atoms with Crippen LogP contribution in [0.1, 0.15) is 35.0 Å². The van der Waals surface area contributed by atoms with Crippen molar-refractivity contribution >= 4 is 5.91 Å². The summed E-state index contributed by atoms with van der Waals surface area (Å²) in [4.78, 5) is 35.6. The largest absolute Gasteiger partial charge is 0.497 e. The molecule has 2 aliphatic heterocycles. The summed E-state index contributed by atoms with van der Waals surface area (Å²) >= 11 is 0. The van der Waals surface area contributed by atoms with Gasteiger partial charge >= 0.3 is 5.69 Å². The number of aromatic amines is 1. The van der Waals surface area contributed by atoms with Gasteiger partial charge in [0.25, 0.3) is 0 Å². The fourth-order valence-corrected chi connectivity index (χ4v) is 5.28. The van der Waals surface area contributed by atoms with Crippen molar-refractivity contribution < 1.29 is 9.53 Å². The molecule has 2 saturated heterocycles. The zero-order chi connectivity index (χ0) is 21.4. The van der Waals surface area contributed by atoms with Crippen molar-refractivity contribution in [2.45, 2.75) is 32.7 Å². The Hall–Kier alpha value is -2.67. The van der Waals surface area contributed by atoms with Gasteiger partial charge in [0.1, 0.15) is 5.75 Å². The van der Waals surface area contributed by atoms with Crippen LogP contribution in [0.15, 0.2) is 29.1 Å². The monoisotopic (exact) mass is 410 g/mol. The zero-order valence-electron chi connectivity index (χ0n) is 18.1. The maximum atomic E-state index is 13.0. The first-order valence-corrected chi connectivity index (χ1v) is 10.6. The first-order chi connectivity index (χ1) is 14.4. The summed E-state index contributed by atoms with van der Waals surface area (Å²) in [7, 11) is 3.85. The number of likely N-dealkylation sites (tertiary alicyclic amines) is 2. The molecular formula is C23H30N4O3. The Kier molecular flexibility index (Phi) is 5.64. The molecular weight excluding hydrogens is 380 g/mol. The van der Waals surface area contributed by atoms with E-state index < -0.39 is 0 Å². The van der Waals surface area contributed by atoms with E-state index in [1.165, 1.54) is 5.56 Å². The van der Waals surface area contributed by atoms with Crippen LogP contribution >= 0.6 is 0 Å². The summed E-state index contributed by atoms with van der Waals surface area (Å²) in [5, 5.41) is 0. The average Bonchev–Trinajstić information content (AvgIpc) is 3.23. The lowest BCUT2D eigenvalue weighted by molar-refractivity contribution is -0.130. The van der Waals surface area contributed by atoms with E-state index in [1.807, 2.05) is 30.9 Å². The van der Waals surface area contributed by atoms with Gasteiger partial charge in [0.2, 0.25) is 5.91 Å². The third kappa shape index (κ3) is 3.86. The minimum atomic E-state index is -0.332. The van der Waals surface area contributed by atoms with E-state index in [9.17, 15) is 9.59 Å². The number of aryl methyl sites for hydroxylation is 2. The number of nitrogens with one attached hydrogen (secondary N) is 1. The topological polar surface area (TPSA) is 78.5 Å². The normalized spacial score (nSPS) is 23.6. The number of methoxy groups -OCH3 is 1. The Bertz CT molecular complexity index is 959. The number of carbonyl (C=O) groups is 1. The van der Waals surface area contributed by atoms with E-state index >= 15 is 0 Å². The van der Waals surface area contributed by atoms with Crippen LogP contribution in [-0.4, -0.2) is 59.5 Å². The number of rotatable bonds is 5. The van der Waals surface area contributed by atoms with Crippen molar-refractivity contribution in [2.24, 2.45) is 11.8 Å². The molecule has 1 N–H and O–H groups in total. The minimum Gasteiger partial charge on any atom is -0.497 e. The molecule has 2 fully saturated rings. The van der Waals surface area contributed by atoms with Crippen LogP contribution in [0.2, 0.25) is 0 Å². The number of carbonyl (C=O) groups excluding carboxylic acids is 1. The van der Waals surface area contributed by atoms with Crippen molar-refractivity contribution in [3.8, 4) is 5.75 Å². The molecule has 0 aliphatic carbocycles. The van der Waals surface area contributed by atoms with E-state index in [1.54, 1.807) is 7.11 Å². The number of fused-ring (bicyclic) bond motifs is 1. The number of hydrogen-bond acceptors (Lipinski definition) is 5. The Morgan fingerprint density at radius 2 is 1.93 bits per heavy atom. The Morgan fingerprint density at radius 3 is 2.60 bits per heavy atom. The van der Waals surface area contributed by atoms with Gasteiger partial charge < -0.3 is 14.6 Å². The maximum Gasteiger partial charge on any atom is 0.345 e. The van der Waals surface area contributed by atoms with Crippen molar-refractivity contribution in [3.63, 3.8) is 0 Å². The summed E-state index contributed by atoms with van der Waals surface area (Å²) in [5.41, 5.74) is 3.44. The highest BCUT2D eigenvalue weighted by Gasteiger charge is 2.47. The second kappa shape index (κ2) is 8.22. The van der Waals surface area contributed by atoms with E-state index in [2.05, 4.69) is 34.0 Å².